The average Bonchev–Trinajstić information content (AvgIpc) is 2.27. The normalized spacial score (nSPS) is 30.3. The van der Waals surface area contributed by atoms with Gasteiger partial charge in [-0.2, -0.15) is 0 Å². The van der Waals surface area contributed by atoms with E-state index in [0.29, 0.717) is 0 Å². The van der Waals surface area contributed by atoms with Crippen molar-refractivity contribution in [2.75, 3.05) is 0 Å². The maximum Gasteiger partial charge on any atom is 0.0177 e. The van der Waals surface area contributed by atoms with Gasteiger partial charge < -0.3 is 0 Å². The molecule has 1 fully saturated rings. The lowest BCUT2D eigenvalue weighted by molar-refractivity contribution is 0.294. The first-order chi connectivity index (χ1) is 7.65. The molecule has 0 radical (unpaired) electrons. The first-order valence-electron chi connectivity index (χ1n) is 6.03. The molecule has 88 valence electrons. The van der Waals surface area contributed by atoms with E-state index in [1.807, 2.05) is 0 Å². The third kappa shape index (κ3) is 3.46. The summed E-state index contributed by atoms with van der Waals surface area (Å²) in [7, 11) is 0. The molecule has 3 unspecified atom stereocenters. The van der Waals surface area contributed by atoms with E-state index in [2.05, 4.69) is 69.7 Å². The van der Waals surface area contributed by atoms with Gasteiger partial charge >= 0.3 is 0 Å². The Bertz CT molecular complexity index is 333. The Kier molecular flexibility index (Phi) is 4.71. The molecule has 1 aliphatic carbocycles. The van der Waals surface area contributed by atoms with Gasteiger partial charge in [-0.25, -0.2) is 0 Å². The van der Waals surface area contributed by atoms with Gasteiger partial charge in [-0.05, 0) is 77.8 Å². The predicted molar refractivity (Wildman–Crippen MR) is 82.1 cm³/mol. The van der Waals surface area contributed by atoms with Crippen LogP contribution in [0.5, 0.6) is 0 Å². The Morgan fingerprint density at radius 1 is 1.25 bits per heavy atom. The number of hydrogen-bond acceptors (Lipinski definition) is 0. The van der Waals surface area contributed by atoms with E-state index in [9.17, 15) is 0 Å². The van der Waals surface area contributed by atoms with E-state index in [-0.39, 0.29) is 0 Å². The second-order valence-corrected chi connectivity index (χ2v) is 7.45. The molecule has 0 amide bonds. The molecule has 0 heterocycles. The third-order valence-corrected chi connectivity index (χ3v) is 5.49. The molecule has 1 aromatic carbocycles. The second kappa shape index (κ2) is 5.85. The molecule has 0 aromatic heterocycles. The molecule has 3 atom stereocenters. The van der Waals surface area contributed by atoms with Gasteiger partial charge in [-0.15, -0.1) is 0 Å². The topological polar surface area (TPSA) is 0 Å². The molecule has 0 spiro atoms. The van der Waals surface area contributed by atoms with Crippen LogP contribution in [0.15, 0.2) is 24.3 Å². The number of halogens is 2. The van der Waals surface area contributed by atoms with Crippen LogP contribution in [-0.4, -0.2) is 4.83 Å². The van der Waals surface area contributed by atoms with E-state index in [1.54, 1.807) is 0 Å². The molecule has 0 nitrogen and oxygen atoms in total. The maximum atomic E-state index is 3.85. The highest BCUT2D eigenvalue weighted by Crippen LogP contribution is 2.35. The van der Waals surface area contributed by atoms with E-state index in [0.717, 1.165) is 16.7 Å². The lowest BCUT2D eigenvalue weighted by atomic mass is 9.79. The van der Waals surface area contributed by atoms with Crippen LogP contribution < -0.4 is 0 Å². The van der Waals surface area contributed by atoms with Crippen LogP contribution in [0.3, 0.4) is 0 Å². The third-order valence-electron chi connectivity index (χ3n) is 3.56. The van der Waals surface area contributed by atoms with Crippen LogP contribution in [0.25, 0.3) is 0 Å². The van der Waals surface area contributed by atoms with Crippen LogP contribution in [0.1, 0.15) is 31.7 Å². The molecule has 1 aromatic rings. The summed E-state index contributed by atoms with van der Waals surface area (Å²) in [5.41, 5.74) is 1.49. The van der Waals surface area contributed by atoms with Crippen LogP contribution in [-0.2, 0) is 6.42 Å². The fraction of sp³-hybridized carbons (Fsp3) is 0.571. The highest BCUT2D eigenvalue weighted by atomic mass is 127. The van der Waals surface area contributed by atoms with E-state index in [1.165, 1.54) is 34.8 Å². The molecule has 0 N–H and O–H groups in total. The van der Waals surface area contributed by atoms with Crippen molar-refractivity contribution in [3.63, 3.8) is 0 Å². The second-order valence-electron chi connectivity index (χ2n) is 5.02. The Morgan fingerprint density at radius 2 is 1.94 bits per heavy atom. The summed E-state index contributed by atoms with van der Waals surface area (Å²) in [6.45, 7) is 2.39. The van der Waals surface area contributed by atoms with Gasteiger partial charge in [-0.3, -0.25) is 0 Å². The molecular weight excluding hydrogens is 375 g/mol. The van der Waals surface area contributed by atoms with Crippen LogP contribution in [0.4, 0.5) is 0 Å². The molecular formula is C14H18BrI. The zero-order valence-electron chi connectivity index (χ0n) is 9.63. The van der Waals surface area contributed by atoms with Crippen molar-refractivity contribution in [1.82, 2.24) is 0 Å². The Labute approximate surface area is 120 Å². The monoisotopic (exact) mass is 392 g/mol. The summed E-state index contributed by atoms with van der Waals surface area (Å²) in [6.07, 6.45) is 5.34. The first kappa shape index (κ1) is 12.9. The minimum atomic E-state index is 0.725. The van der Waals surface area contributed by atoms with Crippen LogP contribution >= 0.6 is 38.5 Å². The molecule has 16 heavy (non-hydrogen) atoms. The Hall–Kier alpha value is 0.430. The molecule has 0 aliphatic heterocycles. The van der Waals surface area contributed by atoms with Crippen LogP contribution in [0.2, 0.25) is 0 Å². The maximum absolute atomic E-state index is 3.85. The van der Waals surface area contributed by atoms with E-state index < -0.39 is 0 Å². The van der Waals surface area contributed by atoms with Crippen molar-refractivity contribution in [1.29, 1.82) is 0 Å². The zero-order valence-corrected chi connectivity index (χ0v) is 13.4. The van der Waals surface area contributed by atoms with Crippen molar-refractivity contribution in [2.24, 2.45) is 11.8 Å². The van der Waals surface area contributed by atoms with Crippen molar-refractivity contribution < 1.29 is 0 Å². The number of hydrogen-bond donors (Lipinski definition) is 0. The Morgan fingerprint density at radius 3 is 2.62 bits per heavy atom. The van der Waals surface area contributed by atoms with E-state index in [4.69, 9.17) is 0 Å². The number of benzene rings is 1. The smallest absolute Gasteiger partial charge is 0.0177 e. The van der Waals surface area contributed by atoms with Gasteiger partial charge in [0.1, 0.15) is 0 Å². The molecule has 0 bridgehead atoms. The lowest BCUT2D eigenvalue weighted by Gasteiger charge is -2.31. The van der Waals surface area contributed by atoms with Crippen LogP contribution in [0, 0.1) is 15.4 Å². The van der Waals surface area contributed by atoms with Crippen molar-refractivity contribution in [3.05, 3.63) is 33.4 Å². The summed E-state index contributed by atoms with van der Waals surface area (Å²) in [4.78, 5) is 0.725. The minimum absolute atomic E-state index is 0.725. The SMILES string of the molecule is CC1CCC(Br)C(Cc2ccc(I)cc2)C1. The van der Waals surface area contributed by atoms with Gasteiger partial charge in [0, 0.05) is 8.40 Å². The highest BCUT2D eigenvalue weighted by Gasteiger charge is 2.26. The molecule has 2 rings (SSSR count). The van der Waals surface area contributed by atoms with Gasteiger partial charge in [0.15, 0.2) is 0 Å². The number of alkyl halides is 1. The summed E-state index contributed by atoms with van der Waals surface area (Å²) in [5.74, 6) is 1.73. The minimum Gasteiger partial charge on any atom is -0.0888 e. The summed E-state index contributed by atoms with van der Waals surface area (Å²) < 4.78 is 1.33. The number of rotatable bonds is 2. The largest absolute Gasteiger partial charge is 0.0888 e. The fourth-order valence-corrected chi connectivity index (χ4v) is 3.62. The fourth-order valence-electron chi connectivity index (χ4n) is 2.60. The van der Waals surface area contributed by atoms with Gasteiger partial charge in [0.25, 0.3) is 0 Å². The molecule has 1 aliphatic rings. The predicted octanol–water partition coefficient (Wildman–Crippen LogP) is 5.03. The molecule has 0 saturated heterocycles. The highest BCUT2D eigenvalue weighted by molar-refractivity contribution is 14.1. The van der Waals surface area contributed by atoms with Gasteiger partial charge in [0.05, 0.1) is 0 Å². The average molecular weight is 393 g/mol. The van der Waals surface area contributed by atoms with Gasteiger partial charge in [-0.1, -0.05) is 35.0 Å². The first-order valence-corrected chi connectivity index (χ1v) is 8.03. The summed E-state index contributed by atoms with van der Waals surface area (Å²) in [5, 5.41) is 0. The molecule has 2 heteroatoms. The lowest BCUT2D eigenvalue weighted by Crippen LogP contribution is -2.25. The van der Waals surface area contributed by atoms with Crippen molar-refractivity contribution in [3.8, 4) is 0 Å². The van der Waals surface area contributed by atoms with Gasteiger partial charge in [0.2, 0.25) is 0 Å². The summed E-state index contributed by atoms with van der Waals surface area (Å²) >= 11 is 6.22. The standard InChI is InChI=1S/C14H18BrI/c1-10-2-7-14(15)12(8-10)9-11-3-5-13(16)6-4-11/h3-6,10,12,14H,2,7-9H2,1H3. The molecule has 1 saturated carbocycles. The summed E-state index contributed by atoms with van der Waals surface area (Å²) in [6, 6.07) is 8.98. The van der Waals surface area contributed by atoms with Crippen molar-refractivity contribution in [2.45, 2.75) is 37.4 Å². The van der Waals surface area contributed by atoms with Crippen molar-refractivity contribution >= 4 is 38.5 Å². The zero-order chi connectivity index (χ0) is 11.5. The van der Waals surface area contributed by atoms with E-state index >= 15 is 0 Å². The quantitative estimate of drug-likeness (QED) is 0.488. The Balaban J connectivity index is 2.00.